The minimum absolute atomic E-state index is 0. The molecule has 0 atom stereocenters. The molecule has 1 aromatic rings. The van der Waals surface area contributed by atoms with Gasteiger partial charge in [-0.15, -0.1) is 12.4 Å². The Kier molecular flexibility index (Phi) is 6.67. The standard InChI is InChI=1S/C16H25NO.ClH/c1-12(2)15-5-4-13(3)10-16(15)18-11-14-6-8-17-9-7-14;/h4-5,10,12,14,17H,6-9,11H2,1-3H3;1H. The van der Waals surface area contributed by atoms with E-state index in [1.54, 1.807) is 0 Å². The van der Waals surface area contributed by atoms with E-state index in [0.29, 0.717) is 11.8 Å². The van der Waals surface area contributed by atoms with Crippen molar-refractivity contribution in [1.29, 1.82) is 0 Å². The molecule has 0 unspecified atom stereocenters. The van der Waals surface area contributed by atoms with Crippen LogP contribution in [-0.4, -0.2) is 19.7 Å². The Hall–Kier alpha value is -0.730. The molecule has 0 aliphatic carbocycles. The molecule has 1 aromatic carbocycles. The van der Waals surface area contributed by atoms with Gasteiger partial charge in [-0.3, -0.25) is 0 Å². The highest BCUT2D eigenvalue weighted by Crippen LogP contribution is 2.28. The molecule has 108 valence electrons. The van der Waals surface area contributed by atoms with Crippen molar-refractivity contribution >= 4 is 12.4 Å². The quantitative estimate of drug-likeness (QED) is 0.904. The molecule has 0 aromatic heterocycles. The Bertz CT molecular complexity index is 386. The molecular formula is C16H26ClNO. The van der Waals surface area contributed by atoms with Gasteiger partial charge in [0.15, 0.2) is 0 Å². The third kappa shape index (κ3) is 4.70. The molecular weight excluding hydrogens is 258 g/mol. The van der Waals surface area contributed by atoms with Crippen molar-refractivity contribution in [2.45, 2.75) is 39.5 Å². The molecule has 0 radical (unpaired) electrons. The largest absolute Gasteiger partial charge is 0.493 e. The minimum atomic E-state index is 0. The first kappa shape index (κ1) is 16.3. The number of rotatable bonds is 4. The number of nitrogens with one attached hydrogen (secondary N) is 1. The van der Waals surface area contributed by atoms with Gasteiger partial charge in [0.05, 0.1) is 6.61 Å². The average Bonchev–Trinajstić information content (AvgIpc) is 2.37. The van der Waals surface area contributed by atoms with E-state index in [-0.39, 0.29) is 12.4 Å². The van der Waals surface area contributed by atoms with Gasteiger partial charge in [0.2, 0.25) is 0 Å². The van der Waals surface area contributed by atoms with Gasteiger partial charge in [-0.2, -0.15) is 0 Å². The highest BCUT2D eigenvalue weighted by atomic mass is 35.5. The average molecular weight is 284 g/mol. The summed E-state index contributed by atoms with van der Waals surface area (Å²) in [5.74, 6) is 2.32. The van der Waals surface area contributed by atoms with Gasteiger partial charge in [0.25, 0.3) is 0 Å². The van der Waals surface area contributed by atoms with Crippen LogP contribution >= 0.6 is 12.4 Å². The van der Waals surface area contributed by atoms with Crippen LogP contribution in [0.4, 0.5) is 0 Å². The molecule has 1 N–H and O–H groups in total. The van der Waals surface area contributed by atoms with Crippen LogP contribution in [-0.2, 0) is 0 Å². The number of hydrogen-bond donors (Lipinski definition) is 1. The van der Waals surface area contributed by atoms with Crippen molar-refractivity contribution in [2.75, 3.05) is 19.7 Å². The maximum absolute atomic E-state index is 6.09. The van der Waals surface area contributed by atoms with E-state index in [0.717, 1.165) is 25.4 Å². The highest BCUT2D eigenvalue weighted by molar-refractivity contribution is 5.85. The fourth-order valence-corrected chi connectivity index (χ4v) is 2.50. The molecule has 0 bridgehead atoms. The Morgan fingerprint density at radius 3 is 2.58 bits per heavy atom. The van der Waals surface area contributed by atoms with Crippen LogP contribution in [0.1, 0.15) is 43.7 Å². The van der Waals surface area contributed by atoms with Gasteiger partial charge in [-0.05, 0) is 61.9 Å². The summed E-state index contributed by atoms with van der Waals surface area (Å²) in [5, 5.41) is 3.40. The van der Waals surface area contributed by atoms with Gasteiger partial charge < -0.3 is 10.1 Å². The normalized spacial score (nSPS) is 16.2. The maximum Gasteiger partial charge on any atom is 0.123 e. The van der Waals surface area contributed by atoms with Crippen LogP contribution in [0.5, 0.6) is 5.75 Å². The fourth-order valence-electron chi connectivity index (χ4n) is 2.50. The van der Waals surface area contributed by atoms with Crippen LogP contribution < -0.4 is 10.1 Å². The van der Waals surface area contributed by atoms with E-state index in [4.69, 9.17) is 4.74 Å². The molecule has 0 amide bonds. The second kappa shape index (κ2) is 7.76. The van der Waals surface area contributed by atoms with E-state index >= 15 is 0 Å². The van der Waals surface area contributed by atoms with Crippen LogP contribution in [0.2, 0.25) is 0 Å². The molecule has 1 aliphatic heterocycles. The lowest BCUT2D eigenvalue weighted by Crippen LogP contribution is -2.30. The molecule has 1 aliphatic rings. The Morgan fingerprint density at radius 1 is 1.26 bits per heavy atom. The zero-order chi connectivity index (χ0) is 13.0. The van der Waals surface area contributed by atoms with E-state index in [2.05, 4.69) is 44.3 Å². The van der Waals surface area contributed by atoms with Gasteiger partial charge >= 0.3 is 0 Å². The Balaban J connectivity index is 0.00000180. The van der Waals surface area contributed by atoms with Gasteiger partial charge in [0.1, 0.15) is 5.75 Å². The van der Waals surface area contributed by atoms with Crippen LogP contribution in [0.25, 0.3) is 0 Å². The van der Waals surface area contributed by atoms with Crippen molar-refractivity contribution in [3.8, 4) is 5.75 Å². The van der Waals surface area contributed by atoms with E-state index in [9.17, 15) is 0 Å². The van der Waals surface area contributed by atoms with Gasteiger partial charge in [-0.1, -0.05) is 26.0 Å². The second-order valence-corrected chi connectivity index (χ2v) is 5.70. The molecule has 0 spiro atoms. The second-order valence-electron chi connectivity index (χ2n) is 5.70. The molecule has 3 heteroatoms. The van der Waals surface area contributed by atoms with Gasteiger partial charge in [0, 0.05) is 0 Å². The lowest BCUT2D eigenvalue weighted by Gasteiger charge is -2.24. The fraction of sp³-hybridized carbons (Fsp3) is 0.625. The summed E-state index contributed by atoms with van der Waals surface area (Å²) in [6.45, 7) is 9.72. The van der Waals surface area contributed by atoms with Crippen molar-refractivity contribution in [2.24, 2.45) is 5.92 Å². The third-order valence-electron chi connectivity index (χ3n) is 3.72. The number of ether oxygens (including phenoxy) is 1. The van der Waals surface area contributed by atoms with Crippen molar-refractivity contribution in [3.05, 3.63) is 29.3 Å². The maximum atomic E-state index is 6.09. The van der Waals surface area contributed by atoms with Crippen LogP contribution in [0.15, 0.2) is 18.2 Å². The SMILES string of the molecule is Cc1ccc(C(C)C)c(OCC2CCNCC2)c1.Cl. The predicted octanol–water partition coefficient (Wildman–Crippen LogP) is 3.92. The number of hydrogen-bond acceptors (Lipinski definition) is 2. The van der Waals surface area contributed by atoms with E-state index < -0.39 is 0 Å². The molecule has 1 heterocycles. The number of benzene rings is 1. The first-order valence-corrected chi connectivity index (χ1v) is 7.11. The number of piperidine rings is 1. The van der Waals surface area contributed by atoms with E-state index in [1.807, 2.05) is 0 Å². The van der Waals surface area contributed by atoms with Crippen molar-refractivity contribution in [1.82, 2.24) is 5.32 Å². The zero-order valence-corrected chi connectivity index (χ0v) is 13.1. The lowest BCUT2D eigenvalue weighted by atomic mass is 9.98. The zero-order valence-electron chi connectivity index (χ0n) is 12.2. The molecule has 2 nitrogen and oxygen atoms in total. The van der Waals surface area contributed by atoms with Crippen molar-refractivity contribution in [3.63, 3.8) is 0 Å². The summed E-state index contributed by atoms with van der Waals surface area (Å²) in [6, 6.07) is 6.56. The van der Waals surface area contributed by atoms with Crippen LogP contribution in [0.3, 0.4) is 0 Å². The highest BCUT2D eigenvalue weighted by Gasteiger charge is 2.15. The Labute approximate surface area is 123 Å². The molecule has 19 heavy (non-hydrogen) atoms. The molecule has 1 fully saturated rings. The number of aryl methyl sites for hydroxylation is 1. The predicted molar refractivity (Wildman–Crippen MR) is 83.6 cm³/mol. The van der Waals surface area contributed by atoms with Crippen LogP contribution in [0, 0.1) is 12.8 Å². The number of halogens is 1. The minimum Gasteiger partial charge on any atom is -0.493 e. The smallest absolute Gasteiger partial charge is 0.123 e. The first-order chi connectivity index (χ1) is 8.66. The first-order valence-electron chi connectivity index (χ1n) is 7.11. The molecule has 1 saturated heterocycles. The monoisotopic (exact) mass is 283 g/mol. The summed E-state index contributed by atoms with van der Waals surface area (Å²) in [7, 11) is 0. The topological polar surface area (TPSA) is 21.3 Å². The molecule has 2 rings (SSSR count). The summed E-state index contributed by atoms with van der Waals surface area (Å²) in [4.78, 5) is 0. The lowest BCUT2D eigenvalue weighted by molar-refractivity contribution is 0.213. The summed E-state index contributed by atoms with van der Waals surface area (Å²) in [5.41, 5.74) is 2.61. The van der Waals surface area contributed by atoms with Crippen molar-refractivity contribution < 1.29 is 4.74 Å². The molecule has 0 saturated carbocycles. The summed E-state index contributed by atoms with van der Waals surface area (Å²) >= 11 is 0. The Morgan fingerprint density at radius 2 is 1.95 bits per heavy atom. The summed E-state index contributed by atoms with van der Waals surface area (Å²) < 4.78 is 6.09. The van der Waals surface area contributed by atoms with E-state index in [1.165, 1.54) is 24.0 Å². The van der Waals surface area contributed by atoms with Gasteiger partial charge in [-0.25, -0.2) is 0 Å². The summed E-state index contributed by atoms with van der Waals surface area (Å²) in [6.07, 6.45) is 2.48. The third-order valence-corrected chi connectivity index (χ3v) is 3.72.